The summed E-state index contributed by atoms with van der Waals surface area (Å²) in [5.74, 6) is 2.18. The van der Waals surface area contributed by atoms with E-state index in [1.807, 2.05) is 0 Å². The zero-order valence-electron chi connectivity index (χ0n) is 10.8. The maximum absolute atomic E-state index is 11.9. The lowest BCUT2D eigenvalue weighted by Crippen LogP contribution is -2.44. The molecule has 0 saturated carbocycles. The molecule has 114 valence electrons. The number of aromatic nitrogens is 3. The van der Waals surface area contributed by atoms with Gasteiger partial charge in [-0.25, -0.2) is 9.78 Å². The van der Waals surface area contributed by atoms with E-state index in [-0.39, 0.29) is 5.95 Å². The number of nitrogens with zero attached hydrogens (tertiary/aromatic N) is 3. The third-order valence-electron chi connectivity index (χ3n) is 3.10. The van der Waals surface area contributed by atoms with Crippen LogP contribution in [0.1, 0.15) is 13.2 Å². The molecule has 1 aromatic rings. The fourth-order valence-electron chi connectivity index (χ4n) is 2.08. The van der Waals surface area contributed by atoms with E-state index in [4.69, 9.17) is 33.7 Å². The number of nitrogen functional groups attached to an aromatic ring is 1. The van der Waals surface area contributed by atoms with Gasteiger partial charge in [0.25, 0.3) is 0 Å². The van der Waals surface area contributed by atoms with Crippen molar-refractivity contribution >= 4 is 29.2 Å². The fourth-order valence-corrected chi connectivity index (χ4v) is 2.61. The number of ether oxygens (including phenoxy) is 1. The molecule has 21 heavy (non-hydrogen) atoms. The molecule has 1 unspecified atom stereocenters. The maximum Gasteiger partial charge on any atom is 0.354 e. The van der Waals surface area contributed by atoms with Crippen LogP contribution in [0.15, 0.2) is 11.1 Å². The van der Waals surface area contributed by atoms with E-state index >= 15 is 0 Å². The van der Waals surface area contributed by atoms with Gasteiger partial charge in [0, 0.05) is 5.38 Å². The van der Waals surface area contributed by atoms with Crippen LogP contribution < -0.4 is 11.4 Å². The average Bonchev–Trinajstić information content (AvgIpc) is 2.64. The third-order valence-corrected chi connectivity index (χ3v) is 3.70. The van der Waals surface area contributed by atoms with Crippen molar-refractivity contribution in [2.24, 2.45) is 0 Å². The lowest BCUT2D eigenvalue weighted by Gasteiger charge is -2.25. The second-order valence-corrected chi connectivity index (χ2v) is 5.34. The topological polar surface area (TPSA) is 123 Å². The van der Waals surface area contributed by atoms with Gasteiger partial charge in [-0.1, -0.05) is 17.5 Å². The second-order valence-electron chi connectivity index (χ2n) is 4.53. The summed E-state index contributed by atoms with van der Waals surface area (Å²) in [5, 5.41) is 21.9. The van der Waals surface area contributed by atoms with Crippen molar-refractivity contribution in [3.63, 3.8) is 0 Å². The lowest BCUT2D eigenvalue weighted by atomic mass is 9.97. The molecule has 1 fully saturated rings. The molecule has 1 saturated heterocycles. The van der Waals surface area contributed by atoms with Gasteiger partial charge in [0.15, 0.2) is 11.1 Å². The molecule has 4 N–H and O–H groups in total. The molecule has 2 heterocycles. The van der Waals surface area contributed by atoms with Crippen molar-refractivity contribution in [1.29, 1.82) is 0 Å². The lowest BCUT2D eigenvalue weighted by molar-refractivity contribution is -0.0775. The van der Waals surface area contributed by atoms with Crippen LogP contribution in [0, 0.1) is 11.3 Å². The van der Waals surface area contributed by atoms with Gasteiger partial charge >= 0.3 is 5.69 Å². The van der Waals surface area contributed by atoms with Gasteiger partial charge in [0.05, 0.1) is 6.10 Å². The van der Waals surface area contributed by atoms with Gasteiger partial charge in [-0.15, -0.1) is 0 Å². The Kier molecular flexibility index (Phi) is 4.41. The highest BCUT2D eigenvalue weighted by Crippen LogP contribution is 2.43. The van der Waals surface area contributed by atoms with Gasteiger partial charge in [-0.2, -0.15) is 4.98 Å². The highest BCUT2D eigenvalue weighted by atomic mass is 35.5. The molecule has 5 atom stereocenters. The molecule has 1 aliphatic rings. The number of rotatable bonds is 2. The van der Waals surface area contributed by atoms with Gasteiger partial charge < -0.3 is 20.7 Å². The van der Waals surface area contributed by atoms with Crippen molar-refractivity contribution in [2.75, 3.05) is 5.73 Å². The van der Waals surface area contributed by atoms with Gasteiger partial charge in [-0.3, -0.25) is 4.57 Å². The van der Waals surface area contributed by atoms with Crippen molar-refractivity contribution in [3.8, 4) is 11.3 Å². The SMILES string of the molecule is C[C@H](O)[C@H]1O[C@@H](n2cnc(N)nc2=O)[C@@](Cl)(C#CCl)C1O. The van der Waals surface area contributed by atoms with Crippen molar-refractivity contribution in [1.82, 2.24) is 14.5 Å². The van der Waals surface area contributed by atoms with E-state index in [2.05, 4.69) is 21.3 Å². The van der Waals surface area contributed by atoms with E-state index in [1.54, 1.807) is 0 Å². The number of alkyl halides is 1. The summed E-state index contributed by atoms with van der Waals surface area (Å²) in [6.45, 7) is 1.41. The van der Waals surface area contributed by atoms with Gasteiger partial charge in [0.2, 0.25) is 5.95 Å². The highest BCUT2D eigenvalue weighted by molar-refractivity contribution is 6.32. The molecular formula is C11H12Cl2N4O4. The van der Waals surface area contributed by atoms with E-state index in [1.165, 1.54) is 6.92 Å². The summed E-state index contributed by atoms with van der Waals surface area (Å²) in [4.78, 5) is 17.2. The Labute approximate surface area is 129 Å². The molecule has 1 aliphatic heterocycles. The van der Waals surface area contributed by atoms with Crippen LogP contribution in [0.4, 0.5) is 5.95 Å². The molecule has 8 nitrogen and oxygen atoms in total. The van der Waals surface area contributed by atoms with E-state index in [0.717, 1.165) is 10.9 Å². The van der Waals surface area contributed by atoms with Crippen LogP contribution in [-0.2, 0) is 4.74 Å². The molecule has 1 aromatic heterocycles. The molecule has 0 radical (unpaired) electrons. The summed E-state index contributed by atoms with van der Waals surface area (Å²) in [6.07, 6.45) is -3.67. The van der Waals surface area contributed by atoms with Crippen molar-refractivity contribution in [2.45, 2.75) is 36.3 Å². The maximum atomic E-state index is 11.9. The van der Waals surface area contributed by atoms with Gasteiger partial charge in [0.1, 0.15) is 18.5 Å². The molecule has 0 bridgehead atoms. The zero-order chi connectivity index (χ0) is 15.8. The zero-order valence-corrected chi connectivity index (χ0v) is 12.3. The first-order valence-corrected chi connectivity index (χ1v) is 6.60. The Morgan fingerprint density at radius 3 is 2.86 bits per heavy atom. The fraction of sp³-hybridized carbons (Fsp3) is 0.545. The number of nitrogens with two attached hydrogens (primary N) is 1. The predicted octanol–water partition coefficient (Wildman–Crippen LogP) is -0.963. The Balaban J connectivity index is 2.54. The average molecular weight is 335 g/mol. The predicted molar refractivity (Wildman–Crippen MR) is 74.5 cm³/mol. The summed E-state index contributed by atoms with van der Waals surface area (Å²) >= 11 is 11.6. The van der Waals surface area contributed by atoms with E-state index in [0.29, 0.717) is 0 Å². The Morgan fingerprint density at radius 1 is 1.67 bits per heavy atom. The molecule has 0 aromatic carbocycles. The minimum Gasteiger partial charge on any atom is -0.391 e. The van der Waals surface area contributed by atoms with Crippen LogP contribution >= 0.6 is 23.2 Å². The summed E-state index contributed by atoms with van der Waals surface area (Å²) < 4.78 is 6.39. The van der Waals surface area contributed by atoms with E-state index < -0.39 is 35.1 Å². The number of aliphatic hydroxyl groups is 2. The Hall–Kier alpha value is -1.37. The monoisotopic (exact) mass is 334 g/mol. The molecule has 10 heteroatoms. The summed E-state index contributed by atoms with van der Waals surface area (Å²) in [5.41, 5.74) is 4.52. The standard InChI is InChI=1S/C11H12Cl2N4O4/c1-5(18)6-7(19)11(13,2-3-12)8(21-6)17-4-15-9(14)16-10(17)20/h4-8,18-19H,1H3,(H2,14,16,20)/t5-,6+,7?,8+,11+/m0/s1. The van der Waals surface area contributed by atoms with Crippen LogP contribution in [0.5, 0.6) is 0 Å². The normalized spacial score (nSPS) is 33.3. The van der Waals surface area contributed by atoms with E-state index in [9.17, 15) is 15.0 Å². The largest absolute Gasteiger partial charge is 0.391 e. The summed E-state index contributed by atoms with van der Waals surface area (Å²) in [7, 11) is 0. The first-order chi connectivity index (χ1) is 9.81. The quantitative estimate of drug-likeness (QED) is 0.470. The first-order valence-electron chi connectivity index (χ1n) is 5.85. The number of anilines is 1. The molecular weight excluding hydrogens is 323 g/mol. The summed E-state index contributed by atoms with van der Waals surface area (Å²) in [6, 6.07) is 0. The molecule has 0 amide bonds. The van der Waals surface area contributed by atoms with Crippen LogP contribution in [0.25, 0.3) is 0 Å². The van der Waals surface area contributed by atoms with Gasteiger partial charge in [-0.05, 0) is 18.5 Å². The van der Waals surface area contributed by atoms with Crippen molar-refractivity contribution in [3.05, 3.63) is 16.8 Å². The number of hydrogen-bond acceptors (Lipinski definition) is 7. The first kappa shape index (κ1) is 16.0. The van der Waals surface area contributed by atoms with Crippen LogP contribution in [0.2, 0.25) is 0 Å². The Morgan fingerprint density at radius 2 is 2.33 bits per heavy atom. The molecule has 0 spiro atoms. The minimum absolute atomic E-state index is 0.217. The van der Waals surface area contributed by atoms with Crippen LogP contribution in [0.3, 0.4) is 0 Å². The minimum atomic E-state index is -1.74. The van der Waals surface area contributed by atoms with Crippen LogP contribution in [-0.4, -0.2) is 47.9 Å². The smallest absolute Gasteiger partial charge is 0.354 e. The number of halogens is 2. The third kappa shape index (κ3) is 2.71. The number of hydrogen-bond donors (Lipinski definition) is 3. The highest BCUT2D eigenvalue weighted by Gasteiger charge is 2.57. The van der Waals surface area contributed by atoms with Crippen molar-refractivity contribution < 1.29 is 14.9 Å². The second kappa shape index (κ2) is 5.79. The molecule has 2 rings (SSSR count). The number of aliphatic hydroxyl groups excluding tert-OH is 2. The molecule has 0 aliphatic carbocycles. The Bertz CT molecular complexity index is 656.